The van der Waals surface area contributed by atoms with Gasteiger partial charge >= 0.3 is 0 Å². The van der Waals surface area contributed by atoms with E-state index in [4.69, 9.17) is 0 Å². The Morgan fingerprint density at radius 2 is 1.88 bits per heavy atom. The van der Waals surface area contributed by atoms with E-state index in [0.29, 0.717) is 3.42 Å². The Morgan fingerprint density at radius 1 is 1.38 bits per heavy atom. The van der Waals surface area contributed by atoms with Crippen molar-refractivity contribution in [3.63, 3.8) is 0 Å². The fourth-order valence-electron chi connectivity index (χ4n) is 0.597. The van der Waals surface area contributed by atoms with Crippen molar-refractivity contribution in [2.45, 2.75) is 43.5 Å². The molecule has 0 nitrogen and oxygen atoms in total. The summed E-state index contributed by atoms with van der Waals surface area (Å²) in [5.41, 5.74) is 0. The van der Waals surface area contributed by atoms with E-state index in [2.05, 4.69) is 43.4 Å². The van der Waals surface area contributed by atoms with E-state index in [-0.39, 0.29) is 0 Å². The van der Waals surface area contributed by atoms with E-state index >= 15 is 0 Å². The predicted molar refractivity (Wildman–Crippen MR) is 47.6 cm³/mol. The third-order valence-corrected chi connectivity index (χ3v) is 1.66. The zero-order valence-electron chi connectivity index (χ0n) is 6.00. The fourth-order valence-corrected chi connectivity index (χ4v) is 0.979. The van der Waals surface area contributed by atoms with Gasteiger partial charge in [0.1, 0.15) is 0 Å². The van der Waals surface area contributed by atoms with Crippen molar-refractivity contribution in [2.24, 2.45) is 0 Å². The van der Waals surface area contributed by atoms with Crippen molar-refractivity contribution in [3.8, 4) is 0 Å². The van der Waals surface area contributed by atoms with Crippen LogP contribution in [0.15, 0.2) is 0 Å². The van der Waals surface area contributed by atoms with Crippen LogP contribution in [-0.4, -0.2) is 3.42 Å². The van der Waals surface area contributed by atoms with Crippen LogP contribution in [0.1, 0.15) is 40.0 Å². The van der Waals surface area contributed by atoms with Gasteiger partial charge in [0, 0.05) is 3.42 Å². The van der Waals surface area contributed by atoms with Crippen molar-refractivity contribution in [1.29, 1.82) is 0 Å². The molecule has 0 aliphatic carbocycles. The molecule has 1 heteroatoms. The maximum absolute atomic E-state index is 2.50. The Bertz CT molecular complexity index is 51.9. The van der Waals surface area contributed by atoms with Crippen molar-refractivity contribution in [1.82, 2.24) is 0 Å². The van der Waals surface area contributed by atoms with Crippen molar-refractivity contribution in [2.75, 3.05) is 0 Å². The molecule has 0 N–H and O–H groups in total. The lowest BCUT2D eigenvalue weighted by Crippen LogP contribution is -2.07. The lowest BCUT2D eigenvalue weighted by molar-refractivity contribution is 0.616. The summed E-state index contributed by atoms with van der Waals surface area (Å²) < 4.78 is 0.522. The molecule has 0 aromatic carbocycles. The van der Waals surface area contributed by atoms with Crippen molar-refractivity contribution < 1.29 is 0 Å². The van der Waals surface area contributed by atoms with Gasteiger partial charge in [-0.3, -0.25) is 0 Å². The summed E-state index contributed by atoms with van der Waals surface area (Å²) in [5.74, 6) is 0. The molecule has 0 rings (SSSR count). The SMILES string of the molecule is CCCCC(C)(C)I. The second kappa shape index (κ2) is 3.70. The minimum absolute atomic E-state index is 0.522. The molecule has 0 aromatic rings. The van der Waals surface area contributed by atoms with E-state index < -0.39 is 0 Å². The van der Waals surface area contributed by atoms with Crippen LogP contribution in [-0.2, 0) is 0 Å². The second-order valence-corrected chi connectivity index (χ2v) is 5.74. The Labute approximate surface area is 66.2 Å². The molecule has 0 aromatic heterocycles. The van der Waals surface area contributed by atoms with Crippen LogP contribution in [0.3, 0.4) is 0 Å². The highest BCUT2D eigenvalue weighted by Crippen LogP contribution is 2.23. The number of alkyl halides is 1. The van der Waals surface area contributed by atoms with E-state index in [1.165, 1.54) is 19.3 Å². The van der Waals surface area contributed by atoms with Gasteiger partial charge in [-0.15, -0.1) is 0 Å². The molecule has 0 saturated carbocycles. The summed E-state index contributed by atoms with van der Waals surface area (Å²) in [5, 5.41) is 0. The van der Waals surface area contributed by atoms with Gasteiger partial charge in [-0.05, 0) is 6.42 Å². The monoisotopic (exact) mass is 226 g/mol. The van der Waals surface area contributed by atoms with Crippen molar-refractivity contribution >= 4 is 22.6 Å². The minimum Gasteiger partial charge on any atom is -0.0795 e. The topological polar surface area (TPSA) is 0 Å². The number of hydrogen-bond donors (Lipinski definition) is 0. The van der Waals surface area contributed by atoms with Gasteiger partial charge in [0.05, 0.1) is 0 Å². The smallest absolute Gasteiger partial charge is 0.0166 e. The summed E-state index contributed by atoms with van der Waals surface area (Å²) in [4.78, 5) is 0. The molecular formula is C7H15I. The summed E-state index contributed by atoms with van der Waals surface area (Å²) in [7, 11) is 0. The average molecular weight is 226 g/mol. The van der Waals surface area contributed by atoms with Crippen LogP contribution in [0, 0.1) is 0 Å². The zero-order valence-corrected chi connectivity index (χ0v) is 8.16. The lowest BCUT2D eigenvalue weighted by atomic mass is 10.1. The Kier molecular flexibility index (Phi) is 4.04. The molecule has 8 heavy (non-hydrogen) atoms. The quantitative estimate of drug-likeness (QED) is 0.511. The predicted octanol–water partition coefficient (Wildman–Crippen LogP) is 3.39. The Hall–Kier alpha value is 0.730. The van der Waals surface area contributed by atoms with E-state index in [1.807, 2.05) is 0 Å². The largest absolute Gasteiger partial charge is 0.0795 e. The van der Waals surface area contributed by atoms with Gasteiger partial charge in [0.25, 0.3) is 0 Å². The highest BCUT2D eigenvalue weighted by atomic mass is 127. The van der Waals surface area contributed by atoms with Crippen LogP contribution in [0.25, 0.3) is 0 Å². The van der Waals surface area contributed by atoms with Crippen LogP contribution in [0.5, 0.6) is 0 Å². The van der Waals surface area contributed by atoms with Crippen molar-refractivity contribution in [3.05, 3.63) is 0 Å². The molecule has 0 amide bonds. The molecule has 0 fully saturated rings. The minimum atomic E-state index is 0.522. The molecule has 0 spiro atoms. The number of halogens is 1. The van der Waals surface area contributed by atoms with Gasteiger partial charge in [0.15, 0.2) is 0 Å². The second-order valence-electron chi connectivity index (χ2n) is 2.82. The van der Waals surface area contributed by atoms with Gasteiger partial charge in [-0.1, -0.05) is 56.2 Å². The first-order valence-electron chi connectivity index (χ1n) is 3.25. The zero-order chi connectivity index (χ0) is 6.62. The number of unbranched alkanes of at least 4 members (excludes halogenated alkanes) is 1. The van der Waals surface area contributed by atoms with Crippen LogP contribution >= 0.6 is 22.6 Å². The molecular weight excluding hydrogens is 211 g/mol. The standard InChI is InChI=1S/C7H15I/c1-4-5-6-7(2,3)8/h4-6H2,1-3H3. The summed E-state index contributed by atoms with van der Waals surface area (Å²) in [6.07, 6.45) is 4.05. The highest BCUT2D eigenvalue weighted by molar-refractivity contribution is 14.1. The first kappa shape index (κ1) is 8.73. The van der Waals surface area contributed by atoms with Gasteiger partial charge in [-0.2, -0.15) is 0 Å². The molecule has 0 radical (unpaired) electrons. The molecule has 0 aliphatic rings. The summed E-state index contributed by atoms with van der Waals surface area (Å²) in [6, 6.07) is 0. The number of hydrogen-bond acceptors (Lipinski definition) is 0. The van der Waals surface area contributed by atoms with Gasteiger partial charge < -0.3 is 0 Å². The van der Waals surface area contributed by atoms with Gasteiger partial charge in [-0.25, -0.2) is 0 Å². The third-order valence-electron chi connectivity index (χ3n) is 1.12. The van der Waals surface area contributed by atoms with Crippen LogP contribution in [0.2, 0.25) is 0 Å². The average Bonchev–Trinajstić information content (AvgIpc) is 1.59. The van der Waals surface area contributed by atoms with E-state index in [9.17, 15) is 0 Å². The van der Waals surface area contributed by atoms with Gasteiger partial charge in [0.2, 0.25) is 0 Å². The lowest BCUT2D eigenvalue weighted by Gasteiger charge is -2.14. The van der Waals surface area contributed by atoms with Crippen LogP contribution < -0.4 is 0 Å². The summed E-state index contributed by atoms with van der Waals surface area (Å²) >= 11 is 2.50. The third kappa shape index (κ3) is 6.73. The molecule has 0 bridgehead atoms. The first-order chi connectivity index (χ1) is 3.56. The normalized spacial score (nSPS) is 12.0. The highest BCUT2D eigenvalue weighted by Gasteiger charge is 2.09. The molecule has 50 valence electrons. The molecule has 0 unspecified atom stereocenters. The summed E-state index contributed by atoms with van der Waals surface area (Å²) in [6.45, 7) is 6.80. The van der Waals surface area contributed by atoms with E-state index in [0.717, 1.165) is 0 Å². The number of rotatable bonds is 3. The fraction of sp³-hybridized carbons (Fsp3) is 1.00. The molecule has 0 saturated heterocycles. The molecule has 0 aliphatic heterocycles. The first-order valence-corrected chi connectivity index (χ1v) is 4.33. The maximum Gasteiger partial charge on any atom is 0.0166 e. The maximum atomic E-state index is 2.50. The van der Waals surface area contributed by atoms with E-state index in [1.54, 1.807) is 0 Å². The molecule has 0 atom stereocenters. The Morgan fingerprint density at radius 3 is 2.00 bits per heavy atom. The Balaban J connectivity index is 3.11. The van der Waals surface area contributed by atoms with Crippen LogP contribution in [0.4, 0.5) is 0 Å². The molecule has 0 heterocycles.